The van der Waals surface area contributed by atoms with Crippen molar-refractivity contribution < 1.29 is 17.9 Å². The molecule has 1 atom stereocenters. The Morgan fingerprint density at radius 1 is 1.20 bits per heavy atom. The van der Waals surface area contributed by atoms with Crippen LogP contribution >= 0.6 is 0 Å². The number of hydrogen-bond acceptors (Lipinski definition) is 4. The summed E-state index contributed by atoms with van der Waals surface area (Å²) in [6, 6.07) is 4.67. The van der Waals surface area contributed by atoms with Gasteiger partial charge >= 0.3 is 6.18 Å². The first kappa shape index (κ1) is 13.0. The van der Waals surface area contributed by atoms with Crippen LogP contribution in [0.25, 0.3) is 11.4 Å². The van der Waals surface area contributed by atoms with Gasteiger partial charge in [-0.2, -0.15) is 13.2 Å². The minimum atomic E-state index is -4.35. The van der Waals surface area contributed by atoms with E-state index in [9.17, 15) is 13.2 Å². The second kappa shape index (κ2) is 4.86. The van der Waals surface area contributed by atoms with Gasteiger partial charge in [0.2, 0.25) is 5.82 Å². The number of halogens is 3. The van der Waals surface area contributed by atoms with Crippen LogP contribution in [0.4, 0.5) is 13.2 Å². The Morgan fingerprint density at radius 3 is 2.55 bits per heavy atom. The third kappa shape index (κ3) is 2.51. The van der Waals surface area contributed by atoms with Crippen molar-refractivity contribution in [3.63, 3.8) is 0 Å². The number of rotatable bonds is 2. The molecule has 0 bridgehead atoms. The molecule has 1 fully saturated rings. The van der Waals surface area contributed by atoms with Gasteiger partial charge in [0, 0.05) is 12.2 Å². The third-order valence-corrected chi connectivity index (χ3v) is 3.06. The van der Waals surface area contributed by atoms with Gasteiger partial charge in [0.1, 0.15) is 0 Å². The molecule has 1 aromatic heterocycles. The second-order valence-electron chi connectivity index (χ2n) is 4.48. The van der Waals surface area contributed by atoms with Crippen LogP contribution in [0, 0.1) is 0 Å². The quantitative estimate of drug-likeness (QED) is 0.850. The zero-order valence-electron chi connectivity index (χ0n) is 10.3. The molecule has 2 aromatic rings. The molecular formula is C12H11F3N4O. The van der Waals surface area contributed by atoms with E-state index < -0.39 is 11.7 Å². The highest BCUT2D eigenvalue weighted by Gasteiger charge is 2.30. The summed E-state index contributed by atoms with van der Waals surface area (Å²) in [4.78, 5) is 1.36. The Balaban J connectivity index is 1.82. The zero-order valence-corrected chi connectivity index (χ0v) is 10.3. The Labute approximate surface area is 112 Å². The molecule has 1 unspecified atom stereocenters. The Hall–Kier alpha value is -1.96. The van der Waals surface area contributed by atoms with Gasteiger partial charge < -0.3 is 4.74 Å². The predicted molar refractivity (Wildman–Crippen MR) is 62.5 cm³/mol. The normalized spacial score (nSPS) is 19.4. The molecule has 0 radical (unpaired) electrons. The number of hydrogen-bond donors (Lipinski definition) is 0. The second-order valence-corrected chi connectivity index (χ2v) is 4.48. The molecule has 1 aromatic carbocycles. The van der Waals surface area contributed by atoms with Crippen molar-refractivity contribution in [1.29, 1.82) is 0 Å². The molecule has 5 nitrogen and oxygen atoms in total. The smallest absolute Gasteiger partial charge is 0.355 e. The van der Waals surface area contributed by atoms with Crippen molar-refractivity contribution >= 4 is 0 Å². The van der Waals surface area contributed by atoms with Crippen molar-refractivity contribution in [2.75, 3.05) is 6.61 Å². The summed E-state index contributed by atoms with van der Waals surface area (Å²) in [5.74, 6) is 0.286. The molecule has 0 aliphatic carbocycles. The number of nitrogens with zero attached hydrogens (tertiary/aromatic N) is 4. The molecule has 1 aliphatic heterocycles. The van der Waals surface area contributed by atoms with Gasteiger partial charge in [-0.25, -0.2) is 0 Å². The maximum absolute atomic E-state index is 12.5. The fraction of sp³-hybridized carbons (Fsp3) is 0.417. The van der Waals surface area contributed by atoms with Crippen LogP contribution in [0.5, 0.6) is 0 Å². The highest BCUT2D eigenvalue weighted by Crippen LogP contribution is 2.30. The van der Waals surface area contributed by atoms with Crippen LogP contribution in [0.3, 0.4) is 0 Å². The Morgan fingerprint density at radius 2 is 1.95 bits per heavy atom. The van der Waals surface area contributed by atoms with Gasteiger partial charge in [0.25, 0.3) is 0 Å². The van der Waals surface area contributed by atoms with Crippen molar-refractivity contribution in [2.45, 2.75) is 25.2 Å². The minimum absolute atomic E-state index is 0.231. The number of aromatic nitrogens is 4. The van der Waals surface area contributed by atoms with Crippen LogP contribution in [0.2, 0.25) is 0 Å². The van der Waals surface area contributed by atoms with Gasteiger partial charge in [-0.05, 0) is 30.2 Å². The molecule has 0 N–H and O–H groups in total. The summed E-state index contributed by atoms with van der Waals surface area (Å²) < 4.78 is 42.8. The highest BCUT2D eigenvalue weighted by atomic mass is 19.4. The average molecular weight is 284 g/mol. The standard InChI is InChI=1S/C12H11F3N4O/c13-12(14,15)9-5-3-8(4-6-9)11-16-18-19(17-11)10-2-1-7-20-10/h3-6,10H,1-2,7H2. The number of alkyl halides is 3. The van der Waals surface area contributed by atoms with Crippen molar-refractivity contribution in [3.05, 3.63) is 29.8 Å². The van der Waals surface area contributed by atoms with E-state index in [0.717, 1.165) is 25.0 Å². The summed E-state index contributed by atoms with van der Waals surface area (Å²) >= 11 is 0. The number of tetrazole rings is 1. The van der Waals surface area contributed by atoms with E-state index in [1.165, 1.54) is 16.9 Å². The van der Waals surface area contributed by atoms with Gasteiger partial charge in [0.05, 0.1) is 5.56 Å². The fourth-order valence-electron chi connectivity index (χ4n) is 2.01. The molecule has 1 aliphatic rings. The fourth-order valence-corrected chi connectivity index (χ4v) is 2.01. The Kier molecular flexibility index (Phi) is 3.17. The lowest BCUT2D eigenvalue weighted by Gasteiger charge is -2.06. The summed E-state index contributed by atoms with van der Waals surface area (Å²) in [5, 5.41) is 11.9. The lowest BCUT2D eigenvalue weighted by molar-refractivity contribution is -0.137. The first-order chi connectivity index (χ1) is 9.54. The van der Waals surface area contributed by atoms with E-state index in [4.69, 9.17) is 4.74 Å². The lowest BCUT2D eigenvalue weighted by atomic mass is 10.1. The molecule has 8 heteroatoms. The minimum Gasteiger partial charge on any atom is -0.355 e. The third-order valence-electron chi connectivity index (χ3n) is 3.06. The van der Waals surface area contributed by atoms with E-state index in [1.54, 1.807) is 0 Å². The van der Waals surface area contributed by atoms with E-state index in [1.807, 2.05) is 0 Å². The lowest BCUT2D eigenvalue weighted by Crippen LogP contribution is -2.10. The molecule has 3 rings (SSSR count). The van der Waals surface area contributed by atoms with E-state index in [0.29, 0.717) is 12.2 Å². The maximum atomic E-state index is 12.5. The molecule has 0 amide bonds. The van der Waals surface area contributed by atoms with Crippen molar-refractivity contribution in [2.24, 2.45) is 0 Å². The molecule has 2 heterocycles. The van der Waals surface area contributed by atoms with Crippen LogP contribution in [-0.4, -0.2) is 26.8 Å². The Bertz CT molecular complexity index is 587. The molecular weight excluding hydrogens is 273 g/mol. The van der Waals surface area contributed by atoms with Crippen LogP contribution in [0.1, 0.15) is 24.6 Å². The first-order valence-corrected chi connectivity index (χ1v) is 6.13. The van der Waals surface area contributed by atoms with Gasteiger partial charge in [-0.15, -0.1) is 15.0 Å². The van der Waals surface area contributed by atoms with Crippen molar-refractivity contribution in [1.82, 2.24) is 20.2 Å². The molecule has 0 spiro atoms. The van der Waals surface area contributed by atoms with Crippen LogP contribution < -0.4 is 0 Å². The first-order valence-electron chi connectivity index (χ1n) is 6.13. The molecule has 106 valence electrons. The largest absolute Gasteiger partial charge is 0.416 e. The summed E-state index contributed by atoms with van der Waals surface area (Å²) in [7, 11) is 0. The highest BCUT2D eigenvalue weighted by molar-refractivity contribution is 5.54. The molecule has 20 heavy (non-hydrogen) atoms. The van der Waals surface area contributed by atoms with Gasteiger partial charge in [-0.3, -0.25) is 0 Å². The van der Waals surface area contributed by atoms with Crippen molar-refractivity contribution in [3.8, 4) is 11.4 Å². The number of ether oxygens (including phenoxy) is 1. The van der Waals surface area contributed by atoms with Crippen LogP contribution in [0.15, 0.2) is 24.3 Å². The maximum Gasteiger partial charge on any atom is 0.416 e. The topological polar surface area (TPSA) is 52.8 Å². The van der Waals surface area contributed by atoms with Gasteiger partial charge in [0.15, 0.2) is 6.23 Å². The number of benzene rings is 1. The summed E-state index contributed by atoms with van der Waals surface area (Å²) in [6.07, 6.45) is -2.84. The van der Waals surface area contributed by atoms with E-state index in [-0.39, 0.29) is 12.1 Å². The summed E-state index contributed by atoms with van der Waals surface area (Å²) in [6.45, 7) is 0.655. The monoisotopic (exact) mass is 284 g/mol. The SMILES string of the molecule is FC(F)(F)c1ccc(-c2nnn(C3CCCO3)n2)cc1. The molecule has 0 saturated carbocycles. The van der Waals surface area contributed by atoms with E-state index >= 15 is 0 Å². The predicted octanol–water partition coefficient (Wildman–Crippen LogP) is 2.67. The summed E-state index contributed by atoms with van der Waals surface area (Å²) in [5.41, 5.74) is -0.213. The zero-order chi connectivity index (χ0) is 14.2. The average Bonchev–Trinajstić information content (AvgIpc) is 3.09. The van der Waals surface area contributed by atoms with Crippen LogP contribution in [-0.2, 0) is 10.9 Å². The van der Waals surface area contributed by atoms with E-state index in [2.05, 4.69) is 15.4 Å². The molecule has 1 saturated heterocycles. The van der Waals surface area contributed by atoms with Gasteiger partial charge in [-0.1, -0.05) is 12.1 Å².